The van der Waals surface area contributed by atoms with E-state index in [1.54, 1.807) is 0 Å². The summed E-state index contributed by atoms with van der Waals surface area (Å²) in [6.45, 7) is 0. The van der Waals surface area contributed by atoms with Crippen LogP contribution < -0.4 is 6.15 Å². The van der Waals surface area contributed by atoms with Gasteiger partial charge in [-0.25, -0.2) is 0 Å². The Morgan fingerprint density at radius 3 is 1.00 bits per heavy atom. The third-order valence-corrected chi connectivity index (χ3v) is 0. The molecule has 0 bridgehead atoms. The molecule has 0 saturated heterocycles. The molecule has 12 radical (unpaired) electrons. The Morgan fingerprint density at radius 1 is 1.00 bits per heavy atom. The molecule has 4 heteroatoms. The fraction of sp³-hybridized carbons (Fsp3) is 0. The summed E-state index contributed by atoms with van der Waals surface area (Å²) in [5, 5.41) is 0. The van der Waals surface area contributed by atoms with Gasteiger partial charge in [0.15, 0.2) is 0 Å². The predicted octanol–water partition coefficient (Wildman–Crippen LogP) is -1.62. The Kier molecular flexibility index (Phi) is 216. The quantitative estimate of drug-likeness (QED) is 0.456. The minimum atomic E-state index is 0. The molecule has 0 aliphatic rings. The van der Waals surface area contributed by atoms with Gasteiger partial charge in [-0.05, 0) is 0 Å². The largest absolute Gasteiger partial charge is 0 e. The summed E-state index contributed by atoms with van der Waals surface area (Å²) in [7, 11) is 0. The molecule has 0 heterocycles. The zero-order valence-electron chi connectivity index (χ0n) is 1.93. The number of hydrogen-bond donors (Lipinski definition) is 0. The van der Waals surface area contributed by atoms with E-state index in [1.165, 1.54) is 0 Å². The number of nitrogens with zero attached hydrogens (tertiary/aromatic N) is 1. The Balaban J connectivity index is 0. The third kappa shape index (κ3) is 9.17. The first-order chi connectivity index (χ1) is 0. The summed E-state index contributed by atoms with van der Waals surface area (Å²) in [4.78, 5) is 0. The Bertz CT molecular complexity index is 8.00. The Morgan fingerprint density at radius 2 is 1.00 bits per heavy atom. The summed E-state index contributed by atoms with van der Waals surface area (Å²) in [6.07, 6.45) is 0. The molecule has 0 aliphatic heterocycles. The molecule has 0 aliphatic carbocycles. The van der Waals surface area contributed by atoms with Gasteiger partial charge in [0.2, 0.25) is 0 Å². The van der Waals surface area contributed by atoms with Crippen molar-refractivity contribution in [2.45, 2.75) is 0 Å². The van der Waals surface area contributed by atoms with E-state index in [2.05, 4.69) is 0 Å². The van der Waals surface area contributed by atoms with Gasteiger partial charge in [0, 0.05) is 64.8 Å². The van der Waals surface area contributed by atoms with Crippen LogP contribution in [-0.2, 0) is 0 Å². The zero-order valence-corrected chi connectivity index (χ0v) is 7.52. The van der Waals surface area contributed by atoms with Gasteiger partial charge in [-0.1, -0.05) is 0 Å². The topological polar surface area (TPSA) is 30.5 Å². The summed E-state index contributed by atoms with van der Waals surface area (Å²) in [5.41, 5.74) is 0. The van der Waals surface area contributed by atoms with Gasteiger partial charge >= 0.3 is 0 Å². The average Bonchev–Trinajstić information content (AvgIpc) is 0. The van der Waals surface area contributed by atoms with E-state index in [0.717, 1.165) is 0 Å². The first-order valence-electron chi connectivity index (χ1n) is 0. The van der Waals surface area contributed by atoms with Crippen molar-refractivity contribution in [1.82, 2.24) is 6.15 Å². The van der Waals surface area contributed by atoms with E-state index in [4.69, 9.17) is 0 Å². The minimum absolute atomic E-state index is 0. The van der Waals surface area contributed by atoms with E-state index >= 15 is 0 Å². The van der Waals surface area contributed by atoms with Gasteiger partial charge in [-0.3, -0.25) is 0 Å². The molecule has 0 N–H and O–H groups in total. The maximum absolute atomic E-state index is 0. The Hall–Kier alpha value is 1.82. The molecule has 0 rings (SSSR count). The van der Waals surface area contributed by atoms with E-state index in [-0.39, 0.29) is 64.8 Å². The maximum Gasteiger partial charge on any atom is 0 e. The molecule has 0 unspecified atom stereocenters. The fourth-order valence-electron chi connectivity index (χ4n) is 0. The second kappa shape index (κ2) is 21.2. The Labute approximate surface area is 64.3 Å². The van der Waals surface area contributed by atoms with Crippen LogP contribution in [0.15, 0.2) is 0 Å². The summed E-state index contributed by atoms with van der Waals surface area (Å²) >= 11 is 0. The first-order valence-corrected chi connectivity index (χ1v) is 0. The van der Waals surface area contributed by atoms with Crippen LogP contribution in [0.5, 0.6) is 0 Å². The van der Waals surface area contributed by atoms with Crippen molar-refractivity contribution < 1.29 is 0 Å². The molecule has 0 saturated carbocycles. The van der Waals surface area contributed by atoms with Gasteiger partial charge in [0.25, 0.3) is 0 Å². The molecule has 0 aromatic heterocycles. The van der Waals surface area contributed by atoms with Crippen LogP contribution in [-0.4, -0.2) is 58.6 Å². The molecular formula is AlGeNTe. The van der Waals surface area contributed by atoms with E-state index in [0.29, 0.717) is 0 Å². The van der Waals surface area contributed by atoms with Gasteiger partial charge in [-0.15, -0.1) is 0 Å². The standard InChI is InChI=1S/Al.Ge.N.Te. The van der Waals surface area contributed by atoms with Crippen molar-refractivity contribution in [2.24, 2.45) is 0 Å². The fourth-order valence-corrected chi connectivity index (χ4v) is 0. The van der Waals surface area contributed by atoms with Crippen LogP contribution in [0.4, 0.5) is 0 Å². The van der Waals surface area contributed by atoms with Crippen LogP contribution in [0, 0.1) is 0 Å². The number of hydrogen-bond acceptors (Lipinski definition) is 0. The molecule has 0 spiro atoms. The van der Waals surface area contributed by atoms with Gasteiger partial charge < -0.3 is 0 Å². The van der Waals surface area contributed by atoms with Crippen molar-refractivity contribution in [2.75, 3.05) is 0 Å². The molecule has 0 atom stereocenters. The van der Waals surface area contributed by atoms with Crippen LogP contribution in [0.25, 0.3) is 0 Å². The van der Waals surface area contributed by atoms with Crippen molar-refractivity contribution in [3.05, 3.63) is 0 Å². The number of rotatable bonds is 0. The molecule has 18 valence electrons. The summed E-state index contributed by atoms with van der Waals surface area (Å²) in [5.74, 6) is 0. The molecule has 0 amide bonds. The first kappa shape index (κ1) is 40.7. The van der Waals surface area contributed by atoms with Gasteiger partial charge in [0.05, 0.1) is 0 Å². The van der Waals surface area contributed by atoms with E-state index < -0.39 is 0 Å². The van der Waals surface area contributed by atoms with Crippen LogP contribution in [0.3, 0.4) is 0 Å². The molecule has 4 heavy (non-hydrogen) atoms. The van der Waals surface area contributed by atoms with Crippen LogP contribution in [0.1, 0.15) is 0 Å². The minimum Gasteiger partial charge on any atom is 0 e. The van der Waals surface area contributed by atoms with Crippen LogP contribution in [0.2, 0.25) is 0 Å². The van der Waals surface area contributed by atoms with Crippen molar-refractivity contribution in [1.29, 1.82) is 0 Å². The van der Waals surface area contributed by atoms with Crippen molar-refractivity contribution in [3.8, 4) is 0 Å². The normalized spacial score (nSPS) is 0. The second-order valence-electron chi connectivity index (χ2n) is 0. The zero-order chi connectivity index (χ0) is 0. The van der Waals surface area contributed by atoms with E-state index in [9.17, 15) is 0 Å². The molecule has 0 fully saturated rings. The van der Waals surface area contributed by atoms with E-state index in [1.807, 2.05) is 0 Å². The second-order valence-corrected chi connectivity index (χ2v) is 0. The molecule has 0 aromatic rings. The third-order valence-electron chi connectivity index (χ3n) is 0. The van der Waals surface area contributed by atoms with Crippen molar-refractivity contribution in [3.63, 3.8) is 0 Å². The average molecular weight is 241 g/mol. The molecule has 0 aromatic carbocycles. The monoisotopic (exact) mass is 245 g/mol. The predicted molar refractivity (Wildman–Crippen MR) is 19.4 cm³/mol. The smallest absolute Gasteiger partial charge is 0 e. The van der Waals surface area contributed by atoms with Crippen molar-refractivity contribution >= 4 is 58.6 Å². The van der Waals surface area contributed by atoms with Crippen LogP contribution >= 0.6 is 0 Å². The summed E-state index contributed by atoms with van der Waals surface area (Å²) in [6, 6.07) is 0. The molecular weight excluding hydrogens is 241 g/mol. The molecule has 1 nitrogen and oxygen atoms in total. The van der Waals surface area contributed by atoms with Gasteiger partial charge in [-0.2, -0.15) is 0 Å². The SMILES string of the molecule is [Al].[Ge].[N].[Te]. The van der Waals surface area contributed by atoms with Gasteiger partial charge in [0.1, 0.15) is 0 Å². The maximum atomic E-state index is 0. The summed E-state index contributed by atoms with van der Waals surface area (Å²) < 4.78 is 0.